The maximum Gasteiger partial charge on any atom is 0.396 e. The summed E-state index contributed by atoms with van der Waals surface area (Å²) in [5.41, 5.74) is 0. The molecule has 80 valence electrons. The zero-order valence-electron chi connectivity index (χ0n) is 6.73. The number of rotatable bonds is 0. The lowest BCUT2D eigenvalue weighted by Gasteiger charge is -2.27. The summed E-state index contributed by atoms with van der Waals surface area (Å²) in [6.45, 7) is 0. The Bertz CT molecular complexity index is 228. The summed E-state index contributed by atoms with van der Waals surface area (Å²) in [6, 6.07) is 0. The SMILES string of the molecule is FC(F)(F)C1C=CC=CC1C(F)(F)F. The highest BCUT2D eigenvalue weighted by atomic mass is 19.4. The fraction of sp³-hybridized carbons (Fsp3) is 0.500. The number of allylic oxidation sites excluding steroid dienone is 4. The molecule has 0 saturated carbocycles. The van der Waals surface area contributed by atoms with Crippen LogP contribution in [0.15, 0.2) is 24.3 Å². The fourth-order valence-electron chi connectivity index (χ4n) is 1.23. The van der Waals surface area contributed by atoms with Crippen molar-refractivity contribution in [2.75, 3.05) is 0 Å². The van der Waals surface area contributed by atoms with Gasteiger partial charge >= 0.3 is 12.4 Å². The molecule has 0 saturated heterocycles. The molecule has 0 radical (unpaired) electrons. The second-order valence-electron chi connectivity index (χ2n) is 2.90. The Morgan fingerprint density at radius 3 is 1.14 bits per heavy atom. The van der Waals surface area contributed by atoms with E-state index in [2.05, 4.69) is 0 Å². The molecule has 0 spiro atoms. The first-order valence-corrected chi connectivity index (χ1v) is 3.71. The Kier molecular flexibility index (Phi) is 2.65. The summed E-state index contributed by atoms with van der Waals surface area (Å²) in [4.78, 5) is 0. The summed E-state index contributed by atoms with van der Waals surface area (Å²) in [6.07, 6.45) is -6.72. The minimum absolute atomic E-state index is 0.526. The number of halogens is 6. The van der Waals surface area contributed by atoms with E-state index in [9.17, 15) is 26.3 Å². The van der Waals surface area contributed by atoms with Gasteiger partial charge in [0, 0.05) is 0 Å². The first-order valence-electron chi connectivity index (χ1n) is 3.71. The third kappa shape index (κ3) is 2.30. The molecular formula is C8H6F6. The van der Waals surface area contributed by atoms with Crippen LogP contribution in [0, 0.1) is 11.8 Å². The van der Waals surface area contributed by atoms with E-state index < -0.39 is 24.2 Å². The van der Waals surface area contributed by atoms with Crippen molar-refractivity contribution in [1.29, 1.82) is 0 Å². The van der Waals surface area contributed by atoms with E-state index in [1.54, 1.807) is 0 Å². The van der Waals surface area contributed by atoms with Crippen LogP contribution in [0.25, 0.3) is 0 Å². The second-order valence-corrected chi connectivity index (χ2v) is 2.90. The molecule has 0 amide bonds. The van der Waals surface area contributed by atoms with Crippen LogP contribution in [-0.4, -0.2) is 12.4 Å². The summed E-state index contributed by atoms with van der Waals surface area (Å²) in [5, 5.41) is 0. The number of alkyl halides is 6. The molecule has 0 fully saturated rings. The van der Waals surface area contributed by atoms with Gasteiger partial charge in [-0.1, -0.05) is 24.3 Å². The Morgan fingerprint density at radius 1 is 0.643 bits per heavy atom. The van der Waals surface area contributed by atoms with Gasteiger partial charge in [-0.25, -0.2) is 0 Å². The van der Waals surface area contributed by atoms with Gasteiger partial charge in [0.1, 0.15) is 0 Å². The van der Waals surface area contributed by atoms with Gasteiger partial charge < -0.3 is 0 Å². The van der Waals surface area contributed by atoms with E-state index in [-0.39, 0.29) is 0 Å². The first kappa shape index (κ1) is 11.1. The molecule has 0 aliphatic heterocycles. The highest BCUT2D eigenvalue weighted by Gasteiger charge is 2.53. The van der Waals surface area contributed by atoms with Gasteiger partial charge in [-0.2, -0.15) is 26.3 Å². The van der Waals surface area contributed by atoms with Crippen molar-refractivity contribution < 1.29 is 26.3 Å². The van der Waals surface area contributed by atoms with Crippen molar-refractivity contribution in [3.05, 3.63) is 24.3 Å². The van der Waals surface area contributed by atoms with Crippen LogP contribution in [-0.2, 0) is 0 Å². The Labute approximate surface area is 75.9 Å². The lowest BCUT2D eigenvalue weighted by Crippen LogP contribution is -2.37. The minimum Gasteiger partial charge on any atom is -0.170 e. The minimum atomic E-state index is -4.86. The van der Waals surface area contributed by atoms with Gasteiger partial charge in [0.25, 0.3) is 0 Å². The van der Waals surface area contributed by atoms with Crippen molar-refractivity contribution in [2.45, 2.75) is 12.4 Å². The average molecular weight is 216 g/mol. The topological polar surface area (TPSA) is 0 Å². The first-order chi connectivity index (χ1) is 6.23. The van der Waals surface area contributed by atoms with Crippen LogP contribution in [0.4, 0.5) is 26.3 Å². The molecule has 1 aliphatic rings. The third-order valence-electron chi connectivity index (χ3n) is 1.89. The van der Waals surface area contributed by atoms with Crippen LogP contribution in [0.5, 0.6) is 0 Å². The largest absolute Gasteiger partial charge is 0.396 e. The van der Waals surface area contributed by atoms with Gasteiger partial charge in [-0.15, -0.1) is 0 Å². The van der Waals surface area contributed by atoms with Crippen molar-refractivity contribution in [1.82, 2.24) is 0 Å². The van der Waals surface area contributed by atoms with E-state index in [1.165, 1.54) is 0 Å². The second kappa shape index (κ2) is 3.33. The van der Waals surface area contributed by atoms with E-state index >= 15 is 0 Å². The lowest BCUT2D eigenvalue weighted by molar-refractivity contribution is -0.230. The molecule has 0 aromatic rings. The van der Waals surface area contributed by atoms with E-state index in [0.717, 1.165) is 12.2 Å². The van der Waals surface area contributed by atoms with Crippen molar-refractivity contribution in [2.24, 2.45) is 11.8 Å². The molecule has 2 atom stereocenters. The van der Waals surface area contributed by atoms with Crippen LogP contribution in [0.2, 0.25) is 0 Å². The lowest BCUT2D eigenvalue weighted by atomic mass is 9.87. The highest BCUT2D eigenvalue weighted by molar-refractivity contribution is 5.17. The quantitative estimate of drug-likeness (QED) is 0.544. The Morgan fingerprint density at radius 2 is 0.929 bits per heavy atom. The van der Waals surface area contributed by atoms with Gasteiger partial charge in [-0.3, -0.25) is 0 Å². The van der Waals surface area contributed by atoms with Crippen LogP contribution >= 0.6 is 0 Å². The molecule has 0 nitrogen and oxygen atoms in total. The molecule has 0 aromatic heterocycles. The fourth-order valence-corrected chi connectivity index (χ4v) is 1.23. The van der Waals surface area contributed by atoms with Crippen LogP contribution in [0.3, 0.4) is 0 Å². The van der Waals surface area contributed by atoms with Crippen molar-refractivity contribution in [3.8, 4) is 0 Å². The van der Waals surface area contributed by atoms with E-state index in [0.29, 0.717) is 12.2 Å². The maximum atomic E-state index is 12.1. The van der Waals surface area contributed by atoms with Gasteiger partial charge in [0.2, 0.25) is 0 Å². The third-order valence-corrected chi connectivity index (χ3v) is 1.89. The molecule has 14 heavy (non-hydrogen) atoms. The molecule has 6 heteroatoms. The standard InChI is InChI=1S/C8H6F6/c9-7(10,11)5-3-1-2-4-6(5)8(12,13)14/h1-6H. The molecule has 1 aliphatic carbocycles. The Hall–Kier alpha value is -0.940. The predicted octanol–water partition coefficient (Wildman–Crippen LogP) is 3.47. The molecule has 2 unspecified atom stereocenters. The number of hydrogen-bond donors (Lipinski definition) is 0. The maximum absolute atomic E-state index is 12.1. The van der Waals surface area contributed by atoms with Gasteiger partial charge in [0.05, 0.1) is 11.8 Å². The summed E-state index contributed by atoms with van der Waals surface area (Å²) in [5.74, 6) is -4.93. The predicted molar refractivity (Wildman–Crippen MR) is 37.4 cm³/mol. The number of hydrogen-bond acceptors (Lipinski definition) is 0. The van der Waals surface area contributed by atoms with Crippen molar-refractivity contribution >= 4 is 0 Å². The van der Waals surface area contributed by atoms with Gasteiger partial charge in [0.15, 0.2) is 0 Å². The molecule has 0 bridgehead atoms. The van der Waals surface area contributed by atoms with E-state index in [1.807, 2.05) is 0 Å². The van der Waals surface area contributed by atoms with Crippen LogP contribution in [0.1, 0.15) is 0 Å². The normalized spacial score (nSPS) is 28.1. The smallest absolute Gasteiger partial charge is 0.170 e. The molecule has 0 aromatic carbocycles. The molecule has 0 N–H and O–H groups in total. The zero-order valence-corrected chi connectivity index (χ0v) is 6.73. The summed E-state index contributed by atoms with van der Waals surface area (Å²) in [7, 11) is 0. The van der Waals surface area contributed by atoms with Gasteiger partial charge in [-0.05, 0) is 0 Å². The van der Waals surface area contributed by atoms with Crippen LogP contribution < -0.4 is 0 Å². The monoisotopic (exact) mass is 216 g/mol. The Balaban J connectivity index is 2.94. The van der Waals surface area contributed by atoms with E-state index in [4.69, 9.17) is 0 Å². The van der Waals surface area contributed by atoms with Crippen molar-refractivity contribution in [3.63, 3.8) is 0 Å². The zero-order chi connectivity index (χ0) is 11.0. The summed E-state index contributed by atoms with van der Waals surface area (Å²) >= 11 is 0. The summed E-state index contributed by atoms with van der Waals surface area (Å²) < 4.78 is 72.8. The average Bonchev–Trinajstić information content (AvgIpc) is 2.01. The highest BCUT2D eigenvalue weighted by Crippen LogP contribution is 2.43. The molecular weight excluding hydrogens is 210 g/mol. The molecule has 1 rings (SSSR count). The molecule has 0 heterocycles.